The number of aliphatic hydroxyl groups excluding tert-OH is 1. The average Bonchev–Trinajstić information content (AvgIpc) is 2.54. The van der Waals surface area contributed by atoms with Crippen LogP contribution in [0.5, 0.6) is 0 Å². The Morgan fingerprint density at radius 3 is 2.62 bits per heavy atom. The highest BCUT2D eigenvalue weighted by molar-refractivity contribution is 5.74. The summed E-state index contributed by atoms with van der Waals surface area (Å²) in [5, 5.41) is 12.6. The number of hydrogen-bond acceptors (Lipinski definition) is 3. The SMILES string of the molecule is CC(O)C1CCN(C(=O)NCC(c2cccc(F)c2)N(C)C)CC1. The van der Waals surface area contributed by atoms with Crippen molar-refractivity contribution < 1.29 is 14.3 Å². The van der Waals surface area contributed by atoms with Gasteiger partial charge in [-0.3, -0.25) is 0 Å². The standard InChI is InChI=1S/C18H28FN3O2/c1-13(23)14-7-9-22(10-8-14)18(24)20-12-17(21(2)3)15-5-4-6-16(19)11-15/h4-6,11,13-14,17,23H,7-10,12H2,1-3H3,(H,20,24). The number of benzene rings is 1. The van der Waals surface area contributed by atoms with Gasteiger partial charge in [-0.15, -0.1) is 0 Å². The van der Waals surface area contributed by atoms with E-state index in [4.69, 9.17) is 0 Å². The molecule has 1 saturated heterocycles. The molecular formula is C18H28FN3O2. The maximum Gasteiger partial charge on any atom is 0.317 e. The minimum Gasteiger partial charge on any atom is -0.393 e. The molecule has 0 radical (unpaired) electrons. The summed E-state index contributed by atoms with van der Waals surface area (Å²) in [7, 11) is 3.83. The van der Waals surface area contributed by atoms with Gasteiger partial charge in [-0.1, -0.05) is 12.1 Å². The van der Waals surface area contributed by atoms with Gasteiger partial charge in [0.15, 0.2) is 0 Å². The predicted octanol–water partition coefficient (Wildman–Crippen LogP) is 2.23. The lowest BCUT2D eigenvalue weighted by Crippen LogP contribution is -2.47. The molecule has 1 heterocycles. The van der Waals surface area contributed by atoms with Crippen molar-refractivity contribution in [3.63, 3.8) is 0 Å². The number of urea groups is 1. The molecule has 2 unspecified atom stereocenters. The summed E-state index contributed by atoms with van der Waals surface area (Å²) < 4.78 is 13.4. The monoisotopic (exact) mass is 337 g/mol. The van der Waals surface area contributed by atoms with Crippen LogP contribution in [0, 0.1) is 11.7 Å². The molecular weight excluding hydrogens is 309 g/mol. The lowest BCUT2D eigenvalue weighted by Gasteiger charge is -2.34. The molecule has 0 aliphatic carbocycles. The van der Waals surface area contributed by atoms with Crippen molar-refractivity contribution >= 4 is 6.03 Å². The van der Waals surface area contributed by atoms with E-state index in [9.17, 15) is 14.3 Å². The Labute approximate surface area is 143 Å². The third-order valence-electron chi connectivity index (χ3n) is 4.81. The molecule has 0 aromatic heterocycles. The van der Waals surface area contributed by atoms with Crippen LogP contribution < -0.4 is 5.32 Å². The Bertz CT molecular complexity index is 543. The molecule has 2 amide bonds. The molecule has 1 aliphatic heterocycles. The second-order valence-electron chi connectivity index (χ2n) is 6.79. The fourth-order valence-corrected chi connectivity index (χ4v) is 3.19. The van der Waals surface area contributed by atoms with Crippen molar-refractivity contribution in [2.24, 2.45) is 5.92 Å². The van der Waals surface area contributed by atoms with Crippen LogP contribution in [-0.4, -0.2) is 60.8 Å². The Hall–Kier alpha value is -1.66. The fourth-order valence-electron chi connectivity index (χ4n) is 3.19. The van der Waals surface area contributed by atoms with Gasteiger partial charge in [0, 0.05) is 19.6 Å². The zero-order valence-corrected chi connectivity index (χ0v) is 14.7. The number of aliphatic hydroxyl groups is 1. The van der Waals surface area contributed by atoms with Gasteiger partial charge in [0.2, 0.25) is 0 Å². The third-order valence-corrected chi connectivity index (χ3v) is 4.81. The third kappa shape index (κ3) is 4.92. The largest absolute Gasteiger partial charge is 0.393 e. The van der Waals surface area contributed by atoms with Crippen LogP contribution in [-0.2, 0) is 0 Å². The molecule has 6 heteroatoms. The number of nitrogens with zero attached hydrogens (tertiary/aromatic N) is 2. The second-order valence-corrected chi connectivity index (χ2v) is 6.79. The number of likely N-dealkylation sites (tertiary alicyclic amines) is 1. The second kappa shape index (κ2) is 8.44. The van der Waals surface area contributed by atoms with Gasteiger partial charge in [-0.05, 0) is 57.5 Å². The van der Waals surface area contributed by atoms with E-state index in [1.54, 1.807) is 17.9 Å². The Balaban J connectivity index is 1.89. The first-order chi connectivity index (χ1) is 11.4. The summed E-state index contributed by atoms with van der Waals surface area (Å²) in [6.45, 7) is 3.55. The Kier molecular flexibility index (Phi) is 6.57. The molecule has 2 atom stereocenters. The highest BCUT2D eigenvalue weighted by atomic mass is 19.1. The molecule has 5 nitrogen and oxygen atoms in total. The number of likely N-dealkylation sites (N-methyl/N-ethyl adjacent to an activating group) is 1. The van der Waals surface area contributed by atoms with Crippen molar-refractivity contribution in [1.82, 2.24) is 15.1 Å². The molecule has 1 aromatic rings. The number of carbonyl (C=O) groups is 1. The molecule has 1 fully saturated rings. The smallest absolute Gasteiger partial charge is 0.317 e. The van der Waals surface area contributed by atoms with Gasteiger partial charge in [0.1, 0.15) is 5.82 Å². The van der Waals surface area contributed by atoms with Crippen molar-refractivity contribution in [2.45, 2.75) is 31.9 Å². The molecule has 24 heavy (non-hydrogen) atoms. The number of halogens is 1. The topological polar surface area (TPSA) is 55.8 Å². The van der Waals surface area contributed by atoms with Crippen LogP contribution in [0.25, 0.3) is 0 Å². The molecule has 1 aliphatic rings. The van der Waals surface area contributed by atoms with Crippen LogP contribution >= 0.6 is 0 Å². The summed E-state index contributed by atoms with van der Waals surface area (Å²) in [4.78, 5) is 16.1. The van der Waals surface area contributed by atoms with E-state index >= 15 is 0 Å². The Morgan fingerprint density at radius 1 is 1.42 bits per heavy atom. The Morgan fingerprint density at radius 2 is 2.08 bits per heavy atom. The quantitative estimate of drug-likeness (QED) is 0.866. The molecule has 0 saturated carbocycles. The van der Waals surface area contributed by atoms with Crippen LogP contribution in [0.4, 0.5) is 9.18 Å². The lowest BCUT2D eigenvalue weighted by atomic mass is 9.92. The lowest BCUT2D eigenvalue weighted by molar-refractivity contribution is 0.0795. The number of carbonyl (C=O) groups excluding carboxylic acids is 1. The molecule has 1 aromatic carbocycles. The summed E-state index contributed by atoms with van der Waals surface area (Å²) in [5.41, 5.74) is 0.841. The number of nitrogens with one attached hydrogen (secondary N) is 1. The van der Waals surface area contributed by atoms with E-state index < -0.39 is 0 Å². The zero-order valence-electron chi connectivity index (χ0n) is 14.7. The number of amides is 2. The summed E-state index contributed by atoms with van der Waals surface area (Å²) in [6, 6.07) is 6.30. The first-order valence-electron chi connectivity index (χ1n) is 8.51. The minimum atomic E-state index is -0.318. The van der Waals surface area contributed by atoms with E-state index in [-0.39, 0.29) is 29.9 Å². The van der Waals surface area contributed by atoms with Crippen molar-refractivity contribution in [1.29, 1.82) is 0 Å². The van der Waals surface area contributed by atoms with E-state index in [1.807, 2.05) is 25.1 Å². The van der Waals surface area contributed by atoms with Crippen LogP contribution in [0.2, 0.25) is 0 Å². The van der Waals surface area contributed by atoms with E-state index in [1.165, 1.54) is 12.1 Å². The average molecular weight is 337 g/mol. The highest BCUT2D eigenvalue weighted by Gasteiger charge is 2.26. The van der Waals surface area contributed by atoms with Crippen molar-refractivity contribution in [3.05, 3.63) is 35.6 Å². The normalized spacial score (nSPS) is 18.5. The van der Waals surface area contributed by atoms with Gasteiger partial charge >= 0.3 is 6.03 Å². The molecule has 134 valence electrons. The van der Waals surface area contributed by atoms with Crippen LogP contribution in [0.1, 0.15) is 31.4 Å². The molecule has 0 bridgehead atoms. The molecule has 0 spiro atoms. The van der Waals surface area contributed by atoms with Gasteiger partial charge in [-0.25, -0.2) is 9.18 Å². The molecule has 2 rings (SSSR count). The van der Waals surface area contributed by atoms with Crippen LogP contribution in [0.3, 0.4) is 0 Å². The van der Waals surface area contributed by atoms with Gasteiger partial charge < -0.3 is 20.2 Å². The maximum absolute atomic E-state index is 13.4. The summed E-state index contributed by atoms with van der Waals surface area (Å²) >= 11 is 0. The maximum atomic E-state index is 13.4. The number of rotatable bonds is 5. The van der Waals surface area contributed by atoms with Gasteiger partial charge in [0.05, 0.1) is 12.1 Å². The zero-order chi connectivity index (χ0) is 17.7. The van der Waals surface area contributed by atoms with Crippen molar-refractivity contribution in [2.75, 3.05) is 33.7 Å². The van der Waals surface area contributed by atoms with Gasteiger partial charge in [-0.2, -0.15) is 0 Å². The molecule has 2 N–H and O–H groups in total. The number of hydrogen-bond donors (Lipinski definition) is 2. The van der Waals surface area contributed by atoms with Gasteiger partial charge in [0.25, 0.3) is 0 Å². The number of piperidine rings is 1. The van der Waals surface area contributed by atoms with E-state index in [0.29, 0.717) is 19.6 Å². The van der Waals surface area contributed by atoms with E-state index in [0.717, 1.165) is 18.4 Å². The summed E-state index contributed by atoms with van der Waals surface area (Å²) in [5.74, 6) is 0.00161. The minimum absolute atomic E-state index is 0.0837. The van der Waals surface area contributed by atoms with Crippen LogP contribution in [0.15, 0.2) is 24.3 Å². The first-order valence-corrected chi connectivity index (χ1v) is 8.51. The predicted molar refractivity (Wildman–Crippen MR) is 92.2 cm³/mol. The highest BCUT2D eigenvalue weighted by Crippen LogP contribution is 2.21. The summed E-state index contributed by atoms with van der Waals surface area (Å²) in [6.07, 6.45) is 1.33. The fraction of sp³-hybridized carbons (Fsp3) is 0.611. The van der Waals surface area contributed by atoms with Crippen molar-refractivity contribution in [3.8, 4) is 0 Å². The van der Waals surface area contributed by atoms with E-state index in [2.05, 4.69) is 5.32 Å². The first kappa shape index (κ1) is 18.7.